The van der Waals surface area contributed by atoms with Gasteiger partial charge in [0.1, 0.15) is 18.2 Å². The number of amides is 2. The lowest BCUT2D eigenvalue weighted by atomic mass is 9.73. The zero-order valence-electron chi connectivity index (χ0n) is 26.5. The highest BCUT2D eigenvalue weighted by Crippen LogP contribution is 2.40. The molecule has 2 amide bonds. The van der Waals surface area contributed by atoms with E-state index in [2.05, 4.69) is 47.1 Å². The van der Waals surface area contributed by atoms with E-state index in [-0.39, 0.29) is 23.3 Å². The first-order chi connectivity index (χ1) is 20.3. The lowest BCUT2D eigenvalue weighted by Crippen LogP contribution is -2.32. The van der Waals surface area contributed by atoms with Crippen molar-refractivity contribution in [2.24, 2.45) is 17.6 Å². The van der Waals surface area contributed by atoms with E-state index in [4.69, 9.17) is 10.5 Å². The Morgan fingerprint density at radius 3 is 2.47 bits per heavy atom. The Hall–Kier alpha value is -3.38. The van der Waals surface area contributed by atoms with Crippen molar-refractivity contribution in [2.75, 3.05) is 11.9 Å². The van der Waals surface area contributed by atoms with Crippen molar-refractivity contribution < 1.29 is 18.7 Å². The van der Waals surface area contributed by atoms with Gasteiger partial charge in [-0.1, -0.05) is 39.4 Å². The first-order valence-corrected chi connectivity index (χ1v) is 19.0. The lowest BCUT2D eigenvalue weighted by Gasteiger charge is -2.32. The Kier molecular flexibility index (Phi) is 10.2. The molecule has 0 aliphatic heterocycles. The van der Waals surface area contributed by atoms with E-state index in [0.717, 1.165) is 37.4 Å². The van der Waals surface area contributed by atoms with Crippen LogP contribution in [0.2, 0.25) is 25.7 Å². The number of pyridine rings is 1. The monoisotopic (exact) mass is 611 g/mol. The van der Waals surface area contributed by atoms with E-state index in [0.29, 0.717) is 48.2 Å². The topological polar surface area (TPSA) is 130 Å². The van der Waals surface area contributed by atoms with Crippen LogP contribution in [0.4, 0.5) is 10.2 Å². The van der Waals surface area contributed by atoms with Crippen LogP contribution < -0.4 is 11.1 Å². The second-order valence-electron chi connectivity index (χ2n) is 13.0. The van der Waals surface area contributed by atoms with E-state index in [1.807, 2.05) is 20.8 Å². The molecule has 234 valence electrons. The van der Waals surface area contributed by atoms with Gasteiger partial charge >= 0.3 is 0 Å². The van der Waals surface area contributed by atoms with Gasteiger partial charge in [-0.25, -0.2) is 9.67 Å². The molecular weight excluding hydrogens is 565 g/mol. The number of halogens is 1. The van der Waals surface area contributed by atoms with Crippen LogP contribution in [0, 0.1) is 31.6 Å². The smallest absolute Gasteiger partial charge is 0.267 e. The molecule has 0 bridgehead atoms. The molecule has 3 heterocycles. The molecular formula is C31H46FN7O3Si. The molecule has 0 spiro atoms. The van der Waals surface area contributed by atoms with E-state index >= 15 is 4.39 Å². The van der Waals surface area contributed by atoms with E-state index in [1.165, 1.54) is 4.68 Å². The van der Waals surface area contributed by atoms with Gasteiger partial charge in [0.25, 0.3) is 5.91 Å². The van der Waals surface area contributed by atoms with Gasteiger partial charge in [-0.3, -0.25) is 14.3 Å². The lowest BCUT2D eigenvalue weighted by molar-refractivity contribution is -0.119. The van der Waals surface area contributed by atoms with Crippen molar-refractivity contribution in [3.8, 4) is 11.1 Å². The fourth-order valence-electron chi connectivity index (χ4n) is 6.00. The van der Waals surface area contributed by atoms with Gasteiger partial charge in [0.15, 0.2) is 0 Å². The number of rotatable bonds is 12. The second-order valence-corrected chi connectivity index (χ2v) is 18.7. The highest BCUT2D eigenvalue weighted by atomic mass is 28.3. The van der Waals surface area contributed by atoms with Crippen LogP contribution >= 0.6 is 0 Å². The molecule has 3 aromatic rings. The molecule has 3 N–H and O–H groups in total. The normalized spacial score (nSPS) is 18.0. The minimum atomic E-state index is -1.21. The summed E-state index contributed by atoms with van der Waals surface area (Å²) in [4.78, 5) is 30.4. The van der Waals surface area contributed by atoms with E-state index in [1.54, 1.807) is 23.0 Å². The third-order valence-corrected chi connectivity index (χ3v) is 10.2. The molecule has 0 radical (unpaired) electrons. The highest BCUT2D eigenvalue weighted by Gasteiger charge is 2.36. The zero-order valence-corrected chi connectivity index (χ0v) is 27.5. The summed E-state index contributed by atoms with van der Waals surface area (Å²) in [6.45, 7) is 16.1. The first-order valence-electron chi connectivity index (χ1n) is 15.3. The largest absolute Gasteiger partial charge is 0.364 e. The molecule has 43 heavy (non-hydrogen) atoms. The van der Waals surface area contributed by atoms with Crippen LogP contribution in [0.1, 0.15) is 72.9 Å². The van der Waals surface area contributed by atoms with Crippen molar-refractivity contribution in [3.05, 3.63) is 46.9 Å². The maximum absolute atomic E-state index is 15.5. The molecule has 12 heteroatoms. The molecule has 1 aliphatic carbocycles. The van der Waals surface area contributed by atoms with Gasteiger partial charge in [0.05, 0.1) is 17.8 Å². The molecule has 10 nitrogen and oxygen atoms in total. The summed E-state index contributed by atoms with van der Waals surface area (Å²) in [5.74, 6) is -1.68. The minimum absolute atomic E-state index is 0.00275. The number of nitrogens with two attached hydrogens (primary N) is 1. The number of nitrogens with one attached hydrogen (secondary N) is 1. The number of primary amides is 1. The molecule has 0 saturated heterocycles. The Morgan fingerprint density at radius 2 is 1.86 bits per heavy atom. The van der Waals surface area contributed by atoms with E-state index in [9.17, 15) is 9.59 Å². The Balaban J connectivity index is 1.57. The van der Waals surface area contributed by atoms with Crippen LogP contribution in [-0.4, -0.2) is 51.0 Å². The zero-order chi connectivity index (χ0) is 31.5. The van der Waals surface area contributed by atoms with Crippen LogP contribution in [-0.2, 0) is 22.8 Å². The summed E-state index contributed by atoms with van der Waals surface area (Å²) in [5.41, 5.74) is 8.90. The highest BCUT2D eigenvalue weighted by molar-refractivity contribution is 6.76. The van der Waals surface area contributed by atoms with Crippen LogP contribution in [0.5, 0.6) is 0 Å². The van der Waals surface area contributed by atoms with Crippen molar-refractivity contribution in [3.63, 3.8) is 0 Å². The number of carbonyl (C=O) groups is 2. The predicted octanol–water partition coefficient (Wildman–Crippen LogP) is 5.88. The standard InChI is InChI=1S/C31H46FN7O3Si/c1-8-38-28(30(33)40)24(17-34-38)27(22-11-9-19(2)10-12-22)31(41)36-25-14-13-23(29(32)35-25)26-20(3)37-39(21(26)4)18-42-15-16-43(5,6)7/h13-14,17,19,22,27H,8-12,15-16,18H2,1-7H3,(H2,33,40)(H,35,36,41)/t19?,22?,27-/m0/s1. The maximum atomic E-state index is 15.5. The minimum Gasteiger partial charge on any atom is -0.364 e. The Labute approximate surface area is 254 Å². The quantitative estimate of drug-likeness (QED) is 0.150. The summed E-state index contributed by atoms with van der Waals surface area (Å²) < 4.78 is 24.7. The number of nitrogens with zero attached hydrogens (tertiary/aromatic N) is 5. The van der Waals surface area contributed by atoms with Gasteiger partial charge in [0, 0.05) is 43.6 Å². The van der Waals surface area contributed by atoms with Crippen LogP contribution in [0.25, 0.3) is 11.1 Å². The average molecular weight is 612 g/mol. The summed E-state index contributed by atoms with van der Waals surface area (Å²) in [5, 5.41) is 11.7. The predicted molar refractivity (Wildman–Crippen MR) is 168 cm³/mol. The van der Waals surface area contributed by atoms with Gasteiger partial charge in [0.2, 0.25) is 11.9 Å². The molecule has 4 rings (SSSR count). The summed E-state index contributed by atoms with van der Waals surface area (Å²) in [6, 6.07) is 4.27. The van der Waals surface area contributed by atoms with Gasteiger partial charge in [-0.2, -0.15) is 14.6 Å². The number of aromatic nitrogens is 5. The fraction of sp³-hybridized carbons (Fsp3) is 0.581. The van der Waals surface area contributed by atoms with Crippen molar-refractivity contribution >= 4 is 25.7 Å². The Morgan fingerprint density at radius 1 is 1.16 bits per heavy atom. The van der Waals surface area contributed by atoms with Crippen molar-refractivity contribution in [1.82, 2.24) is 24.5 Å². The SMILES string of the molecule is CCn1ncc([C@@H](C(=O)Nc2ccc(-c3c(C)nn(COCC[Si](C)(C)C)c3C)c(F)n2)C2CCC(C)CC2)c1C(N)=O. The number of anilines is 1. The number of hydrogen-bond acceptors (Lipinski definition) is 6. The van der Waals surface area contributed by atoms with E-state index < -0.39 is 25.8 Å². The first kappa shape index (κ1) is 32.5. The molecule has 1 atom stereocenters. The molecule has 3 aromatic heterocycles. The second kappa shape index (κ2) is 13.5. The number of ether oxygens (including phenoxy) is 1. The Bertz CT molecular complexity index is 1450. The maximum Gasteiger partial charge on any atom is 0.267 e. The number of carbonyl (C=O) groups excluding carboxylic acids is 2. The number of aryl methyl sites for hydroxylation is 2. The fourth-order valence-corrected chi connectivity index (χ4v) is 6.76. The average Bonchev–Trinajstić information content (AvgIpc) is 3.48. The van der Waals surface area contributed by atoms with Crippen molar-refractivity contribution in [2.45, 2.75) is 98.3 Å². The van der Waals surface area contributed by atoms with Crippen molar-refractivity contribution in [1.29, 1.82) is 0 Å². The van der Waals surface area contributed by atoms with Gasteiger partial charge < -0.3 is 15.8 Å². The van der Waals surface area contributed by atoms with Gasteiger partial charge in [-0.15, -0.1) is 0 Å². The molecule has 0 aromatic carbocycles. The molecule has 1 aliphatic rings. The summed E-state index contributed by atoms with van der Waals surface area (Å²) >= 11 is 0. The number of hydrogen-bond donors (Lipinski definition) is 2. The molecule has 1 fully saturated rings. The third-order valence-electron chi connectivity index (χ3n) is 8.51. The molecule has 1 saturated carbocycles. The van der Waals surface area contributed by atoms with Gasteiger partial charge in [-0.05, 0) is 63.6 Å². The summed E-state index contributed by atoms with van der Waals surface area (Å²) in [7, 11) is -1.21. The van der Waals surface area contributed by atoms with Crippen LogP contribution in [0.3, 0.4) is 0 Å². The summed E-state index contributed by atoms with van der Waals surface area (Å²) in [6.07, 6.45) is 5.21. The van der Waals surface area contributed by atoms with Crippen LogP contribution in [0.15, 0.2) is 18.3 Å². The third kappa shape index (κ3) is 7.59. The molecule has 0 unspecified atom stereocenters.